The number of amides is 1. The number of benzene rings is 1. The van der Waals surface area contributed by atoms with Crippen molar-refractivity contribution >= 4 is 21.4 Å². The normalized spacial score (nSPS) is 17.8. The van der Waals surface area contributed by atoms with Gasteiger partial charge in [0, 0.05) is 18.2 Å². The number of sulfone groups is 1. The number of nitrogens with two attached hydrogens (primary N) is 1. The number of rotatable bonds is 4. The van der Waals surface area contributed by atoms with E-state index in [9.17, 15) is 13.2 Å². The molecule has 5 nitrogen and oxygen atoms in total. The molecule has 1 atom stereocenters. The van der Waals surface area contributed by atoms with Crippen molar-refractivity contribution in [2.24, 2.45) is 5.73 Å². The maximum atomic E-state index is 11.8. The van der Waals surface area contributed by atoms with Gasteiger partial charge in [0.1, 0.15) is 0 Å². The van der Waals surface area contributed by atoms with Gasteiger partial charge in [0.2, 0.25) is 5.91 Å². The molecule has 1 unspecified atom stereocenters. The van der Waals surface area contributed by atoms with E-state index in [1.54, 1.807) is 18.2 Å². The van der Waals surface area contributed by atoms with Crippen LogP contribution in [-0.4, -0.2) is 26.1 Å². The van der Waals surface area contributed by atoms with Crippen LogP contribution in [0.3, 0.4) is 0 Å². The number of nitrogens with one attached hydrogen (secondary N) is 1. The Labute approximate surface area is 113 Å². The third-order valence-electron chi connectivity index (χ3n) is 3.15. The fourth-order valence-electron chi connectivity index (χ4n) is 2.06. The summed E-state index contributed by atoms with van der Waals surface area (Å²) in [6.07, 6.45) is 1.49. The Morgan fingerprint density at radius 2 is 2.21 bits per heavy atom. The molecule has 3 N–H and O–H groups in total. The van der Waals surface area contributed by atoms with E-state index in [0.717, 1.165) is 5.56 Å². The van der Waals surface area contributed by atoms with E-state index in [1.807, 2.05) is 6.92 Å². The van der Waals surface area contributed by atoms with Crippen molar-refractivity contribution in [2.45, 2.75) is 37.1 Å². The third kappa shape index (κ3) is 3.33. The lowest BCUT2D eigenvalue weighted by atomic mass is 10.1. The van der Waals surface area contributed by atoms with E-state index in [-0.39, 0.29) is 17.7 Å². The number of aryl methyl sites for hydroxylation is 1. The predicted molar refractivity (Wildman–Crippen MR) is 73.7 cm³/mol. The van der Waals surface area contributed by atoms with Crippen molar-refractivity contribution in [3.63, 3.8) is 0 Å². The Bertz CT molecular complexity index is 594. The van der Waals surface area contributed by atoms with Gasteiger partial charge in [0.05, 0.1) is 10.6 Å². The molecule has 0 fully saturated rings. The molecule has 0 aromatic heterocycles. The van der Waals surface area contributed by atoms with Crippen LogP contribution in [0.1, 0.15) is 25.3 Å². The molecule has 19 heavy (non-hydrogen) atoms. The molecule has 1 aromatic rings. The summed E-state index contributed by atoms with van der Waals surface area (Å²) in [5, 5.41) is 2.71. The van der Waals surface area contributed by atoms with Gasteiger partial charge in [0.15, 0.2) is 9.84 Å². The van der Waals surface area contributed by atoms with Gasteiger partial charge in [-0.25, -0.2) is 8.42 Å². The summed E-state index contributed by atoms with van der Waals surface area (Å²) in [4.78, 5) is 12.0. The number of carbonyl (C=O) groups is 1. The van der Waals surface area contributed by atoms with Crippen molar-refractivity contribution in [3.8, 4) is 0 Å². The van der Waals surface area contributed by atoms with Gasteiger partial charge in [-0.1, -0.05) is 6.07 Å². The lowest BCUT2D eigenvalue weighted by Crippen LogP contribution is -2.19. The lowest BCUT2D eigenvalue weighted by molar-refractivity contribution is -0.116. The first-order valence-electron chi connectivity index (χ1n) is 6.29. The van der Waals surface area contributed by atoms with Gasteiger partial charge in [0.25, 0.3) is 0 Å². The van der Waals surface area contributed by atoms with E-state index < -0.39 is 9.84 Å². The number of fused-ring (bicyclic) bond motifs is 1. The van der Waals surface area contributed by atoms with E-state index in [0.29, 0.717) is 29.8 Å². The molecule has 6 heteroatoms. The van der Waals surface area contributed by atoms with Gasteiger partial charge in [-0.15, -0.1) is 0 Å². The van der Waals surface area contributed by atoms with E-state index in [2.05, 4.69) is 5.32 Å². The van der Waals surface area contributed by atoms with Crippen LogP contribution >= 0.6 is 0 Å². The number of carbonyl (C=O) groups excluding carboxylic acids is 1. The molecule has 1 aromatic carbocycles. The van der Waals surface area contributed by atoms with Crippen molar-refractivity contribution in [1.82, 2.24) is 0 Å². The first-order chi connectivity index (χ1) is 8.88. The molecule has 2 rings (SSSR count). The predicted octanol–water partition coefficient (Wildman–Crippen LogP) is 1.08. The van der Waals surface area contributed by atoms with Crippen LogP contribution in [0.25, 0.3) is 0 Å². The van der Waals surface area contributed by atoms with E-state index >= 15 is 0 Å². The first-order valence-corrected chi connectivity index (χ1v) is 7.95. The fourth-order valence-corrected chi connectivity index (χ4v) is 3.65. The lowest BCUT2D eigenvalue weighted by Gasteiger charge is -2.08. The second-order valence-electron chi connectivity index (χ2n) is 4.96. The second-order valence-corrected chi connectivity index (χ2v) is 7.03. The molecule has 0 radical (unpaired) electrons. The Morgan fingerprint density at radius 3 is 2.89 bits per heavy atom. The smallest absolute Gasteiger partial charge is 0.224 e. The van der Waals surface area contributed by atoms with Crippen LogP contribution in [0.15, 0.2) is 23.1 Å². The van der Waals surface area contributed by atoms with Crippen molar-refractivity contribution in [3.05, 3.63) is 23.8 Å². The third-order valence-corrected chi connectivity index (χ3v) is 4.94. The summed E-state index contributed by atoms with van der Waals surface area (Å²) in [6, 6.07) is 5.03. The zero-order valence-electron chi connectivity index (χ0n) is 10.8. The van der Waals surface area contributed by atoms with Crippen LogP contribution in [0.2, 0.25) is 0 Å². The van der Waals surface area contributed by atoms with E-state index in [4.69, 9.17) is 5.73 Å². The van der Waals surface area contributed by atoms with Gasteiger partial charge >= 0.3 is 0 Å². The Morgan fingerprint density at radius 1 is 1.47 bits per heavy atom. The van der Waals surface area contributed by atoms with E-state index in [1.165, 1.54) is 0 Å². The van der Waals surface area contributed by atoms with Crippen LogP contribution in [-0.2, 0) is 21.1 Å². The summed E-state index contributed by atoms with van der Waals surface area (Å²) in [6.45, 7) is 1.84. The van der Waals surface area contributed by atoms with Crippen LogP contribution in [0.5, 0.6) is 0 Å². The standard InChI is InChI=1S/C13H18N2O3S/c1-9(14)2-5-13(16)15-11-4-3-10-6-7-19(17,18)12(10)8-11/h3-4,8-9H,2,5-7,14H2,1H3,(H,15,16). The highest BCUT2D eigenvalue weighted by Gasteiger charge is 2.26. The average Bonchev–Trinajstić information content (AvgIpc) is 2.63. The summed E-state index contributed by atoms with van der Waals surface area (Å²) in [5.41, 5.74) is 6.94. The maximum absolute atomic E-state index is 11.8. The average molecular weight is 282 g/mol. The minimum Gasteiger partial charge on any atom is -0.328 e. The molecule has 1 aliphatic rings. The molecule has 104 valence electrons. The molecule has 1 amide bonds. The van der Waals surface area contributed by atoms with Crippen molar-refractivity contribution in [2.75, 3.05) is 11.1 Å². The van der Waals surface area contributed by atoms with Crippen molar-refractivity contribution < 1.29 is 13.2 Å². The second kappa shape index (κ2) is 5.30. The zero-order chi connectivity index (χ0) is 14.0. The fraction of sp³-hybridized carbons (Fsp3) is 0.462. The van der Waals surface area contributed by atoms with Gasteiger partial charge in [-0.05, 0) is 37.5 Å². The highest BCUT2D eigenvalue weighted by atomic mass is 32.2. The minimum atomic E-state index is -3.16. The Balaban J connectivity index is 2.09. The number of hydrogen-bond donors (Lipinski definition) is 2. The summed E-state index contributed by atoms with van der Waals surface area (Å²) in [5.74, 6) is 0.0115. The molecule has 0 aliphatic carbocycles. The molecule has 1 aliphatic heterocycles. The molecule has 0 bridgehead atoms. The first kappa shape index (κ1) is 14.0. The van der Waals surface area contributed by atoms with Gasteiger partial charge in [-0.2, -0.15) is 0 Å². The molecular weight excluding hydrogens is 264 g/mol. The summed E-state index contributed by atoms with van der Waals surface area (Å²) in [7, 11) is -3.16. The van der Waals surface area contributed by atoms with Gasteiger partial charge < -0.3 is 11.1 Å². The highest BCUT2D eigenvalue weighted by Crippen LogP contribution is 2.28. The monoisotopic (exact) mass is 282 g/mol. The molecule has 0 saturated heterocycles. The van der Waals surface area contributed by atoms with Crippen LogP contribution < -0.4 is 11.1 Å². The quantitative estimate of drug-likeness (QED) is 0.865. The largest absolute Gasteiger partial charge is 0.328 e. The zero-order valence-corrected chi connectivity index (χ0v) is 11.7. The Kier molecular flexibility index (Phi) is 3.91. The Hall–Kier alpha value is -1.40. The topological polar surface area (TPSA) is 89.3 Å². The minimum absolute atomic E-state index is 0.0221. The molecule has 1 heterocycles. The highest BCUT2D eigenvalue weighted by molar-refractivity contribution is 7.91. The number of hydrogen-bond acceptors (Lipinski definition) is 4. The summed E-state index contributed by atoms with van der Waals surface area (Å²) < 4.78 is 23.6. The van der Waals surface area contributed by atoms with Crippen LogP contribution in [0, 0.1) is 0 Å². The number of anilines is 1. The molecule has 0 spiro atoms. The SMILES string of the molecule is CC(N)CCC(=O)Nc1ccc2c(c1)S(=O)(=O)CC2. The van der Waals surface area contributed by atoms with Crippen LogP contribution in [0.4, 0.5) is 5.69 Å². The molecular formula is C13H18N2O3S. The molecule has 0 saturated carbocycles. The van der Waals surface area contributed by atoms with Crippen molar-refractivity contribution in [1.29, 1.82) is 0 Å². The maximum Gasteiger partial charge on any atom is 0.224 e. The van der Waals surface area contributed by atoms with Gasteiger partial charge in [-0.3, -0.25) is 4.79 Å². The summed E-state index contributed by atoms with van der Waals surface area (Å²) >= 11 is 0.